The molecule has 0 aliphatic heterocycles. The topological polar surface area (TPSA) is 95.8 Å². The molecule has 0 aliphatic carbocycles. The molecular weight excluding hydrogens is 930 g/mol. The van der Waals surface area contributed by atoms with Gasteiger partial charge in [-0.05, 0) is 78.6 Å². The van der Waals surface area contributed by atoms with Crippen LogP contribution in [0.15, 0.2) is 107 Å². The van der Waals surface area contributed by atoms with Crippen LogP contribution in [0, 0.1) is 11.6 Å². The molecule has 0 unspecified atom stereocenters. The average Bonchev–Trinajstić information content (AvgIpc) is 3.36. The first-order valence-electron chi connectivity index (χ1n) is 25.2. The molecule has 0 bridgehead atoms. The Balaban J connectivity index is 1.04. The van der Waals surface area contributed by atoms with Crippen LogP contribution in [0.25, 0.3) is 0 Å². The normalized spacial score (nSPS) is 11.4. The number of halogens is 4. The summed E-state index contributed by atoms with van der Waals surface area (Å²) in [6.07, 6.45) is 27.6. The zero-order valence-corrected chi connectivity index (χ0v) is 42.3. The summed E-state index contributed by atoms with van der Waals surface area (Å²) >= 11 is 12.7. The number of benzene rings is 5. The zero-order chi connectivity index (χ0) is 49.8. The van der Waals surface area contributed by atoms with E-state index in [9.17, 15) is 18.4 Å². The summed E-state index contributed by atoms with van der Waals surface area (Å²) in [6, 6.07) is 24.5. The lowest BCUT2D eigenvalue weighted by atomic mass is 10.1. The average molecular weight is 998 g/mol. The van der Waals surface area contributed by atoms with Crippen LogP contribution in [-0.2, 0) is 0 Å². The van der Waals surface area contributed by atoms with Crippen molar-refractivity contribution in [1.29, 1.82) is 0 Å². The Kier molecular flexibility index (Phi) is 25.0. The van der Waals surface area contributed by atoms with Crippen LogP contribution in [0.4, 0.5) is 20.2 Å². The molecule has 70 heavy (non-hydrogen) atoms. The van der Waals surface area contributed by atoms with Gasteiger partial charge in [0.05, 0.1) is 45.8 Å². The summed E-state index contributed by atoms with van der Waals surface area (Å²) < 4.78 is 52.4. The van der Waals surface area contributed by atoms with Gasteiger partial charge in [0.1, 0.15) is 11.5 Å². The Morgan fingerprint density at radius 3 is 1.14 bits per heavy atom. The van der Waals surface area contributed by atoms with Crippen LogP contribution >= 0.6 is 23.2 Å². The third kappa shape index (κ3) is 20.0. The molecular formula is C58H68Cl2F2N2O6. The van der Waals surface area contributed by atoms with Gasteiger partial charge in [0, 0.05) is 30.6 Å². The number of unbranched alkanes of at least 4 members (excludes halogenated alkanes) is 18. The summed E-state index contributed by atoms with van der Waals surface area (Å²) in [4.78, 5) is 34.8. The van der Waals surface area contributed by atoms with E-state index in [-0.39, 0.29) is 44.0 Å². The lowest BCUT2D eigenvalue weighted by Crippen LogP contribution is -2.11. The highest BCUT2D eigenvalue weighted by Crippen LogP contribution is 2.37. The Morgan fingerprint density at radius 1 is 0.457 bits per heavy atom. The molecule has 0 radical (unpaired) electrons. The number of ether oxygens (including phenoxy) is 4. The fourth-order valence-corrected chi connectivity index (χ4v) is 8.07. The van der Waals surface area contributed by atoms with Gasteiger partial charge in [-0.2, -0.15) is 0 Å². The smallest absolute Gasteiger partial charge is 0.343 e. The molecule has 0 aliphatic rings. The van der Waals surface area contributed by atoms with Gasteiger partial charge in [-0.25, -0.2) is 18.4 Å². The Bertz CT molecular complexity index is 2260. The number of aliphatic imine (C=N–C) groups is 2. The number of nitrogens with zero attached hydrogens (tertiary/aromatic N) is 2. The van der Waals surface area contributed by atoms with Crippen molar-refractivity contribution in [3.8, 4) is 23.0 Å². The molecule has 0 saturated heterocycles. The van der Waals surface area contributed by atoms with E-state index >= 15 is 0 Å². The molecule has 8 nitrogen and oxygen atoms in total. The van der Waals surface area contributed by atoms with Gasteiger partial charge in [0.25, 0.3) is 0 Å². The van der Waals surface area contributed by atoms with Crippen LogP contribution in [-0.4, -0.2) is 37.6 Å². The second-order valence-electron chi connectivity index (χ2n) is 17.5. The van der Waals surface area contributed by atoms with E-state index in [1.165, 1.54) is 164 Å². The molecule has 0 aromatic heterocycles. The standard InChI is InChI=1S/C58H68Cl2F2N2O6/c1-3-5-7-9-11-13-15-17-19-21-35-67-47-31-33-53(51(61)37-47)63-41-43-23-27-45(28-24-43)57(65)69-55-40-56(50(60)39-49(55)59)70-58(66)46-29-25-44(26-30-46)42-64-54-34-32-48(38-52(54)62)68-36-22-20-18-16-14-12-10-8-6-4-2/h23-34,37-42H,3-22,35-36H2,1-2H3. The summed E-state index contributed by atoms with van der Waals surface area (Å²) in [5.74, 6) is -1.70. The summed E-state index contributed by atoms with van der Waals surface area (Å²) in [6.45, 7) is 5.55. The van der Waals surface area contributed by atoms with Crippen LogP contribution in [0.5, 0.6) is 23.0 Å². The fraction of sp³-hybridized carbons (Fsp3) is 0.414. The first-order chi connectivity index (χ1) is 34.1. The maximum absolute atomic E-state index is 14.9. The molecule has 0 heterocycles. The number of carbonyl (C=O) groups excluding carboxylic acids is 2. The molecule has 374 valence electrons. The summed E-state index contributed by atoms with van der Waals surface area (Å²) in [5.41, 5.74) is 1.95. The molecule has 0 spiro atoms. The first-order valence-corrected chi connectivity index (χ1v) is 26.0. The lowest BCUT2D eigenvalue weighted by molar-refractivity contribution is 0.0732. The van der Waals surface area contributed by atoms with Crippen molar-refractivity contribution in [2.24, 2.45) is 9.98 Å². The second-order valence-corrected chi connectivity index (χ2v) is 18.4. The largest absolute Gasteiger partial charge is 0.493 e. The van der Waals surface area contributed by atoms with Crippen molar-refractivity contribution < 1.29 is 37.3 Å². The number of esters is 2. The molecule has 5 rings (SSSR count). The molecule has 5 aromatic rings. The third-order valence-corrected chi connectivity index (χ3v) is 12.4. The van der Waals surface area contributed by atoms with E-state index in [1.54, 1.807) is 48.5 Å². The van der Waals surface area contributed by atoms with Gasteiger partial charge in [0.15, 0.2) is 23.1 Å². The minimum absolute atomic E-state index is 0.0192. The van der Waals surface area contributed by atoms with Crippen LogP contribution in [0.3, 0.4) is 0 Å². The number of hydrogen-bond acceptors (Lipinski definition) is 8. The minimum Gasteiger partial charge on any atom is -0.493 e. The maximum Gasteiger partial charge on any atom is 0.343 e. The van der Waals surface area contributed by atoms with E-state index < -0.39 is 23.6 Å². The van der Waals surface area contributed by atoms with Crippen LogP contribution in [0.2, 0.25) is 10.0 Å². The van der Waals surface area contributed by atoms with Gasteiger partial charge in [0.2, 0.25) is 0 Å². The van der Waals surface area contributed by atoms with Crippen LogP contribution < -0.4 is 18.9 Å². The second kappa shape index (κ2) is 31.6. The van der Waals surface area contributed by atoms with Gasteiger partial charge < -0.3 is 18.9 Å². The molecule has 0 N–H and O–H groups in total. The number of carbonyl (C=O) groups is 2. The van der Waals surface area contributed by atoms with Gasteiger partial charge in [-0.3, -0.25) is 9.98 Å². The van der Waals surface area contributed by atoms with Crippen molar-refractivity contribution in [1.82, 2.24) is 0 Å². The molecule has 12 heteroatoms. The van der Waals surface area contributed by atoms with E-state index in [4.69, 9.17) is 42.1 Å². The molecule has 0 atom stereocenters. The zero-order valence-electron chi connectivity index (χ0n) is 40.8. The van der Waals surface area contributed by atoms with E-state index in [1.807, 2.05) is 0 Å². The van der Waals surface area contributed by atoms with Gasteiger partial charge in [-0.1, -0.05) is 177 Å². The Labute approximate surface area is 423 Å². The quantitative estimate of drug-likeness (QED) is 0.0184. The number of rotatable bonds is 32. The molecule has 0 amide bonds. The Hall–Kier alpha value is -5.58. The first kappa shape index (κ1) is 55.3. The van der Waals surface area contributed by atoms with Gasteiger partial charge >= 0.3 is 11.9 Å². The van der Waals surface area contributed by atoms with E-state index in [0.717, 1.165) is 25.7 Å². The van der Waals surface area contributed by atoms with Crippen molar-refractivity contribution in [3.05, 3.63) is 141 Å². The predicted octanol–water partition coefficient (Wildman–Crippen LogP) is 17.8. The van der Waals surface area contributed by atoms with Crippen molar-refractivity contribution in [3.63, 3.8) is 0 Å². The SMILES string of the molecule is CCCCCCCCCCCCOc1ccc(N=Cc2ccc(C(=O)Oc3cc(OC(=O)c4ccc(C=Nc5ccc(OCCCCCCCCCCCC)cc5F)cc4)c(Cl)cc3Cl)cc2)c(F)c1. The number of hydrogen-bond donors (Lipinski definition) is 0. The monoisotopic (exact) mass is 996 g/mol. The molecule has 0 saturated carbocycles. The summed E-state index contributed by atoms with van der Waals surface area (Å²) in [5, 5.41) is 0.0384. The minimum atomic E-state index is -0.731. The van der Waals surface area contributed by atoms with Crippen molar-refractivity contribution >= 4 is 58.9 Å². The molecule has 0 fully saturated rings. The highest BCUT2D eigenvalue weighted by molar-refractivity contribution is 6.36. The predicted molar refractivity (Wildman–Crippen MR) is 281 cm³/mol. The lowest BCUT2D eigenvalue weighted by Gasteiger charge is -2.11. The van der Waals surface area contributed by atoms with Gasteiger partial charge in [-0.15, -0.1) is 0 Å². The maximum atomic E-state index is 14.9. The fourth-order valence-electron chi connectivity index (χ4n) is 7.61. The third-order valence-electron chi connectivity index (χ3n) is 11.8. The van der Waals surface area contributed by atoms with E-state index in [2.05, 4.69) is 23.8 Å². The van der Waals surface area contributed by atoms with Crippen molar-refractivity contribution in [2.75, 3.05) is 13.2 Å². The summed E-state index contributed by atoms with van der Waals surface area (Å²) in [7, 11) is 0. The molecule has 5 aromatic carbocycles. The van der Waals surface area contributed by atoms with Crippen molar-refractivity contribution in [2.45, 2.75) is 142 Å². The Morgan fingerprint density at radius 2 is 0.800 bits per heavy atom. The highest BCUT2D eigenvalue weighted by atomic mass is 35.5. The highest BCUT2D eigenvalue weighted by Gasteiger charge is 2.18. The van der Waals surface area contributed by atoms with Crippen LogP contribution in [0.1, 0.15) is 174 Å². The van der Waals surface area contributed by atoms with E-state index in [0.29, 0.717) is 35.8 Å².